The highest BCUT2D eigenvalue weighted by Crippen LogP contribution is 2.38. The molecule has 4 nitrogen and oxygen atoms in total. The van der Waals surface area contributed by atoms with E-state index >= 15 is 0 Å². The van der Waals surface area contributed by atoms with Crippen molar-refractivity contribution in [2.75, 3.05) is 13.2 Å². The second-order valence-corrected chi connectivity index (χ2v) is 5.98. The van der Waals surface area contributed by atoms with Gasteiger partial charge in [0.05, 0.1) is 13.2 Å². The number of benzene rings is 1. The van der Waals surface area contributed by atoms with Gasteiger partial charge >= 0.3 is 0 Å². The predicted octanol–water partition coefficient (Wildman–Crippen LogP) is 3.19. The number of hydrogen-bond donors (Lipinski definition) is 1. The van der Waals surface area contributed by atoms with E-state index in [9.17, 15) is 5.11 Å². The molecule has 1 aromatic carbocycles. The summed E-state index contributed by atoms with van der Waals surface area (Å²) in [4.78, 5) is 4.13. The highest BCUT2D eigenvalue weighted by molar-refractivity contribution is 6.35. The Morgan fingerprint density at radius 1 is 1.32 bits per heavy atom. The number of aliphatic hydroxyl groups is 1. The molecule has 0 amide bonds. The molecule has 116 valence electrons. The first kappa shape index (κ1) is 15.7. The third kappa shape index (κ3) is 3.12. The molecule has 22 heavy (non-hydrogen) atoms. The Morgan fingerprint density at radius 2 is 2.18 bits per heavy atom. The van der Waals surface area contributed by atoms with Crippen molar-refractivity contribution >= 4 is 23.2 Å². The highest BCUT2D eigenvalue weighted by atomic mass is 35.5. The van der Waals surface area contributed by atoms with Crippen molar-refractivity contribution in [2.24, 2.45) is 0 Å². The molecule has 1 N–H and O–H groups in total. The van der Waals surface area contributed by atoms with Crippen LogP contribution >= 0.6 is 23.2 Å². The summed E-state index contributed by atoms with van der Waals surface area (Å²) >= 11 is 12.2. The Balaban J connectivity index is 1.96. The molecule has 1 aliphatic rings. The Bertz CT molecular complexity index is 653. The number of rotatable bonds is 4. The van der Waals surface area contributed by atoms with E-state index in [1.54, 1.807) is 24.5 Å². The fourth-order valence-electron chi connectivity index (χ4n) is 2.50. The van der Waals surface area contributed by atoms with Crippen LogP contribution in [0.25, 0.3) is 0 Å². The van der Waals surface area contributed by atoms with Crippen LogP contribution in [0.4, 0.5) is 0 Å². The molecule has 6 heteroatoms. The summed E-state index contributed by atoms with van der Waals surface area (Å²) in [6.07, 6.45) is 3.42. The van der Waals surface area contributed by atoms with E-state index in [1.165, 1.54) is 0 Å². The van der Waals surface area contributed by atoms with Crippen LogP contribution in [0.1, 0.15) is 11.1 Å². The van der Waals surface area contributed by atoms with Crippen molar-refractivity contribution in [1.29, 1.82) is 0 Å². The number of hydrogen-bond acceptors (Lipinski definition) is 4. The zero-order chi connectivity index (χ0) is 15.6. The van der Waals surface area contributed by atoms with Gasteiger partial charge in [-0.3, -0.25) is 4.98 Å². The molecule has 0 saturated carbocycles. The fourth-order valence-corrected chi connectivity index (χ4v) is 2.98. The lowest BCUT2D eigenvalue weighted by Gasteiger charge is -2.28. The maximum atomic E-state index is 9.34. The number of nitrogens with zero attached hydrogens (tertiary/aromatic N) is 1. The maximum absolute atomic E-state index is 9.34. The molecular weight excluding hydrogens is 325 g/mol. The minimum Gasteiger partial charge on any atom is -0.394 e. The summed E-state index contributed by atoms with van der Waals surface area (Å²) in [7, 11) is 0. The van der Waals surface area contributed by atoms with Crippen LogP contribution in [0, 0.1) is 0 Å². The monoisotopic (exact) mass is 339 g/mol. The van der Waals surface area contributed by atoms with Crippen LogP contribution in [0.5, 0.6) is 0 Å². The normalized spacial score (nSPS) is 24.6. The van der Waals surface area contributed by atoms with Gasteiger partial charge in [0.25, 0.3) is 0 Å². The number of aromatic nitrogens is 1. The number of halogens is 2. The van der Waals surface area contributed by atoms with Crippen molar-refractivity contribution in [3.05, 3.63) is 63.9 Å². The summed E-state index contributed by atoms with van der Waals surface area (Å²) in [5, 5.41) is 10.5. The SMILES string of the molecule is OCC1COC(Cc2ccc(Cl)cc2Cl)(c2cccnc2)O1. The van der Waals surface area contributed by atoms with E-state index in [0.717, 1.165) is 11.1 Å². The van der Waals surface area contributed by atoms with Gasteiger partial charge in [0.1, 0.15) is 6.10 Å². The molecule has 0 spiro atoms. The van der Waals surface area contributed by atoms with Gasteiger partial charge in [0.15, 0.2) is 0 Å². The summed E-state index contributed by atoms with van der Waals surface area (Å²) in [6.45, 7) is 0.215. The van der Waals surface area contributed by atoms with Crippen molar-refractivity contribution < 1.29 is 14.6 Å². The largest absolute Gasteiger partial charge is 0.394 e. The second kappa shape index (κ2) is 6.52. The van der Waals surface area contributed by atoms with Gasteiger partial charge in [0, 0.05) is 34.4 Å². The lowest BCUT2D eigenvalue weighted by molar-refractivity contribution is -0.179. The molecule has 2 aromatic rings. The number of pyridine rings is 1. The van der Waals surface area contributed by atoms with Gasteiger partial charge in [-0.1, -0.05) is 35.3 Å². The smallest absolute Gasteiger partial charge is 0.201 e. The summed E-state index contributed by atoms with van der Waals surface area (Å²) in [5.41, 5.74) is 1.64. The lowest BCUT2D eigenvalue weighted by Crippen LogP contribution is -2.31. The van der Waals surface area contributed by atoms with Crippen molar-refractivity contribution in [1.82, 2.24) is 4.98 Å². The Labute approximate surface area is 138 Å². The fraction of sp³-hybridized carbons (Fsp3) is 0.312. The molecule has 2 unspecified atom stereocenters. The Kier molecular flexibility index (Phi) is 4.66. The molecular formula is C16H15Cl2NO3. The van der Waals surface area contributed by atoms with Crippen molar-refractivity contribution in [3.63, 3.8) is 0 Å². The lowest BCUT2D eigenvalue weighted by atomic mass is 9.99. The Hall–Kier alpha value is -1.17. The first-order valence-electron chi connectivity index (χ1n) is 6.90. The first-order valence-corrected chi connectivity index (χ1v) is 7.65. The molecule has 3 rings (SSSR count). The highest BCUT2D eigenvalue weighted by Gasteiger charge is 2.43. The standard InChI is InChI=1S/C16H15Cl2NO3/c17-13-4-3-11(15(18)6-13)7-16(12-2-1-5-19-8-12)21-10-14(9-20)22-16/h1-6,8,14,20H,7,9-10H2. The molecule has 1 aliphatic heterocycles. The third-order valence-electron chi connectivity index (χ3n) is 3.60. The minimum atomic E-state index is -1.00. The van der Waals surface area contributed by atoms with Crippen LogP contribution in [-0.2, 0) is 21.7 Å². The molecule has 1 aromatic heterocycles. The van der Waals surface area contributed by atoms with Gasteiger partial charge in [-0.2, -0.15) is 0 Å². The number of aliphatic hydroxyl groups excluding tert-OH is 1. The van der Waals surface area contributed by atoms with Gasteiger partial charge in [-0.05, 0) is 23.8 Å². The van der Waals surface area contributed by atoms with Crippen LogP contribution in [0.2, 0.25) is 10.0 Å². The van der Waals surface area contributed by atoms with Gasteiger partial charge in [-0.15, -0.1) is 0 Å². The van der Waals surface area contributed by atoms with E-state index in [4.69, 9.17) is 32.7 Å². The van der Waals surface area contributed by atoms with E-state index < -0.39 is 5.79 Å². The molecule has 1 saturated heterocycles. The van der Waals surface area contributed by atoms with Crippen LogP contribution in [-0.4, -0.2) is 29.4 Å². The average molecular weight is 340 g/mol. The minimum absolute atomic E-state index is 0.101. The average Bonchev–Trinajstić information content (AvgIpc) is 2.96. The van der Waals surface area contributed by atoms with Gasteiger partial charge in [0.2, 0.25) is 5.79 Å². The second-order valence-electron chi connectivity index (χ2n) is 5.14. The molecule has 0 radical (unpaired) electrons. The molecule has 0 aliphatic carbocycles. The van der Waals surface area contributed by atoms with E-state index in [0.29, 0.717) is 23.1 Å². The molecule has 0 bridgehead atoms. The topological polar surface area (TPSA) is 51.6 Å². The molecule has 2 heterocycles. The predicted molar refractivity (Wildman–Crippen MR) is 84.0 cm³/mol. The van der Waals surface area contributed by atoms with Crippen molar-refractivity contribution in [2.45, 2.75) is 18.3 Å². The quantitative estimate of drug-likeness (QED) is 0.929. The van der Waals surface area contributed by atoms with Crippen molar-refractivity contribution in [3.8, 4) is 0 Å². The molecule has 1 fully saturated rings. The van der Waals surface area contributed by atoms with Crippen LogP contribution < -0.4 is 0 Å². The first-order chi connectivity index (χ1) is 10.6. The maximum Gasteiger partial charge on any atom is 0.201 e. The zero-order valence-corrected chi connectivity index (χ0v) is 13.2. The summed E-state index contributed by atoms with van der Waals surface area (Å²) < 4.78 is 11.9. The van der Waals surface area contributed by atoms with Gasteiger partial charge < -0.3 is 14.6 Å². The third-order valence-corrected chi connectivity index (χ3v) is 4.19. The molecule has 2 atom stereocenters. The van der Waals surface area contributed by atoms with Crippen LogP contribution in [0.3, 0.4) is 0 Å². The van der Waals surface area contributed by atoms with E-state index in [2.05, 4.69) is 4.98 Å². The summed E-state index contributed by atoms with van der Waals surface area (Å²) in [6, 6.07) is 9.02. The van der Waals surface area contributed by atoms with E-state index in [-0.39, 0.29) is 12.7 Å². The summed E-state index contributed by atoms with van der Waals surface area (Å²) in [5.74, 6) is -1.00. The van der Waals surface area contributed by atoms with Crippen LogP contribution in [0.15, 0.2) is 42.7 Å². The number of ether oxygens (including phenoxy) is 2. The van der Waals surface area contributed by atoms with E-state index in [1.807, 2.05) is 18.2 Å². The van der Waals surface area contributed by atoms with Gasteiger partial charge in [-0.25, -0.2) is 0 Å². The Morgan fingerprint density at radius 3 is 2.82 bits per heavy atom. The zero-order valence-electron chi connectivity index (χ0n) is 11.7.